The van der Waals surface area contributed by atoms with Gasteiger partial charge < -0.3 is 9.88 Å². The van der Waals surface area contributed by atoms with E-state index in [0.29, 0.717) is 0 Å². The number of nitrogens with zero attached hydrogens (tertiary/aromatic N) is 2. The van der Waals surface area contributed by atoms with Crippen molar-refractivity contribution in [1.82, 2.24) is 14.9 Å². The number of unbranched alkanes of at least 4 members (excludes halogenated alkanes) is 2. The highest BCUT2D eigenvalue weighted by Gasteiger charge is 2.08. The van der Waals surface area contributed by atoms with Gasteiger partial charge in [0.15, 0.2) is 0 Å². The molecule has 0 aliphatic heterocycles. The molecular formula is C22H27N3O. The first-order chi connectivity index (χ1) is 12.7. The van der Waals surface area contributed by atoms with E-state index in [1.54, 1.807) is 0 Å². The summed E-state index contributed by atoms with van der Waals surface area (Å²) in [6.07, 6.45) is 4.14. The Morgan fingerprint density at radius 3 is 2.58 bits per heavy atom. The van der Waals surface area contributed by atoms with E-state index >= 15 is 0 Å². The van der Waals surface area contributed by atoms with Gasteiger partial charge in [0.25, 0.3) is 5.91 Å². The van der Waals surface area contributed by atoms with Crippen molar-refractivity contribution in [2.45, 2.75) is 46.1 Å². The molecule has 2 aromatic carbocycles. The summed E-state index contributed by atoms with van der Waals surface area (Å²) < 4.78 is 2.30. The summed E-state index contributed by atoms with van der Waals surface area (Å²) in [5.41, 5.74) is 4.19. The number of carbonyl (C=O) groups is 1. The predicted octanol–water partition coefficient (Wildman–Crippen LogP) is 4.51. The Hall–Kier alpha value is -2.62. The first-order valence-corrected chi connectivity index (χ1v) is 9.48. The molecule has 0 saturated heterocycles. The van der Waals surface area contributed by atoms with E-state index in [9.17, 15) is 4.79 Å². The highest BCUT2D eigenvalue weighted by Crippen LogP contribution is 2.17. The van der Waals surface area contributed by atoms with Gasteiger partial charge in [-0.1, -0.05) is 36.2 Å². The molecule has 0 fully saturated rings. The van der Waals surface area contributed by atoms with Gasteiger partial charge in [-0.3, -0.25) is 4.79 Å². The fourth-order valence-electron chi connectivity index (χ4n) is 3.26. The summed E-state index contributed by atoms with van der Waals surface area (Å²) >= 11 is 0. The van der Waals surface area contributed by atoms with Crippen molar-refractivity contribution in [3.8, 4) is 0 Å². The van der Waals surface area contributed by atoms with E-state index in [1.165, 1.54) is 11.1 Å². The number of imidazole rings is 1. The molecule has 0 spiro atoms. The molecule has 0 atom stereocenters. The van der Waals surface area contributed by atoms with Crippen LogP contribution in [0.15, 0.2) is 48.5 Å². The van der Waals surface area contributed by atoms with Crippen LogP contribution in [-0.2, 0) is 13.0 Å². The molecule has 0 radical (unpaired) electrons. The van der Waals surface area contributed by atoms with Gasteiger partial charge in [0.2, 0.25) is 0 Å². The van der Waals surface area contributed by atoms with Gasteiger partial charge in [-0.2, -0.15) is 0 Å². The van der Waals surface area contributed by atoms with Gasteiger partial charge in [0.1, 0.15) is 5.82 Å². The minimum Gasteiger partial charge on any atom is -0.352 e. The van der Waals surface area contributed by atoms with Gasteiger partial charge in [-0.25, -0.2) is 4.98 Å². The number of aryl methyl sites for hydroxylation is 3. The lowest BCUT2D eigenvalue weighted by Gasteiger charge is -2.07. The number of benzene rings is 2. The van der Waals surface area contributed by atoms with Gasteiger partial charge in [0, 0.05) is 25.1 Å². The average Bonchev–Trinajstić information content (AvgIpc) is 3.02. The van der Waals surface area contributed by atoms with Gasteiger partial charge in [-0.15, -0.1) is 0 Å². The van der Waals surface area contributed by atoms with E-state index in [1.807, 2.05) is 37.3 Å². The first kappa shape index (κ1) is 18.2. The fraction of sp³-hybridized carbons (Fsp3) is 0.364. The lowest BCUT2D eigenvalue weighted by Crippen LogP contribution is -2.24. The van der Waals surface area contributed by atoms with Crippen molar-refractivity contribution in [2.75, 3.05) is 6.54 Å². The van der Waals surface area contributed by atoms with Crippen LogP contribution in [0.3, 0.4) is 0 Å². The number of nitrogens with one attached hydrogen (secondary N) is 1. The van der Waals surface area contributed by atoms with Crippen molar-refractivity contribution in [3.05, 3.63) is 65.5 Å². The summed E-state index contributed by atoms with van der Waals surface area (Å²) in [7, 11) is 0. The first-order valence-electron chi connectivity index (χ1n) is 9.48. The van der Waals surface area contributed by atoms with Crippen LogP contribution in [0.25, 0.3) is 11.0 Å². The van der Waals surface area contributed by atoms with Crippen LogP contribution >= 0.6 is 0 Å². The zero-order chi connectivity index (χ0) is 18.4. The van der Waals surface area contributed by atoms with Crippen LogP contribution in [0.2, 0.25) is 0 Å². The number of carbonyl (C=O) groups excluding carboxylic acids is 1. The molecule has 0 saturated carbocycles. The van der Waals surface area contributed by atoms with E-state index in [2.05, 4.69) is 35.0 Å². The minimum absolute atomic E-state index is 0.0118. The van der Waals surface area contributed by atoms with Crippen LogP contribution in [0.4, 0.5) is 0 Å². The van der Waals surface area contributed by atoms with E-state index in [0.717, 1.165) is 55.7 Å². The lowest BCUT2D eigenvalue weighted by atomic mass is 10.1. The molecule has 0 aliphatic carbocycles. The van der Waals surface area contributed by atoms with E-state index in [-0.39, 0.29) is 5.91 Å². The second-order valence-electron chi connectivity index (χ2n) is 6.69. The Bertz CT molecular complexity index is 865. The molecule has 3 rings (SSSR count). The summed E-state index contributed by atoms with van der Waals surface area (Å²) in [5, 5.41) is 3.00. The lowest BCUT2D eigenvalue weighted by molar-refractivity contribution is 0.0953. The van der Waals surface area contributed by atoms with Gasteiger partial charge in [-0.05, 0) is 51.0 Å². The normalized spacial score (nSPS) is 11.0. The largest absolute Gasteiger partial charge is 0.352 e. The molecule has 26 heavy (non-hydrogen) atoms. The number of hydrogen-bond acceptors (Lipinski definition) is 2. The molecule has 1 amide bonds. The molecule has 0 bridgehead atoms. The molecular weight excluding hydrogens is 322 g/mol. The molecule has 0 unspecified atom stereocenters. The van der Waals surface area contributed by atoms with Crippen LogP contribution in [-0.4, -0.2) is 22.0 Å². The number of hydrogen-bond donors (Lipinski definition) is 1. The van der Waals surface area contributed by atoms with Crippen LogP contribution in [0, 0.1) is 6.92 Å². The monoisotopic (exact) mass is 349 g/mol. The van der Waals surface area contributed by atoms with Crippen LogP contribution in [0.1, 0.15) is 47.9 Å². The molecule has 1 N–H and O–H groups in total. The molecule has 136 valence electrons. The zero-order valence-corrected chi connectivity index (χ0v) is 15.7. The standard InChI is InChI=1S/C22H27N3O/c1-3-25-20-10-7-6-9-19(20)24-21(25)11-5-4-8-16-23-22(26)18-14-12-17(2)13-15-18/h6-7,9-10,12-15H,3-5,8,11,16H2,1-2H3,(H,23,26). The highest BCUT2D eigenvalue weighted by molar-refractivity contribution is 5.94. The number of rotatable bonds is 8. The summed E-state index contributed by atoms with van der Waals surface area (Å²) in [4.78, 5) is 16.8. The average molecular weight is 349 g/mol. The second kappa shape index (κ2) is 8.65. The molecule has 3 aromatic rings. The zero-order valence-electron chi connectivity index (χ0n) is 15.7. The van der Waals surface area contributed by atoms with Crippen molar-refractivity contribution in [1.29, 1.82) is 0 Å². The number of fused-ring (bicyclic) bond motifs is 1. The second-order valence-corrected chi connectivity index (χ2v) is 6.69. The molecule has 4 nitrogen and oxygen atoms in total. The van der Waals surface area contributed by atoms with E-state index in [4.69, 9.17) is 4.98 Å². The maximum atomic E-state index is 12.1. The van der Waals surface area contributed by atoms with Crippen LogP contribution in [0.5, 0.6) is 0 Å². The SMILES string of the molecule is CCn1c(CCCCCNC(=O)c2ccc(C)cc2)nc2ccccc21. The fourth-order valence-corrected chi connectivity index (χ4v) is 3.26. The van der Waals surface area contributed by atoms with Crippen molar-refractivity contribution < 1.29 is 4.79 Å². The maximum Gasteiger partial charge on any atom is 0.251 e. The third-order valence-corrected chi connectivity index (χ3v) is 4.73. The Labute approximate surface area is 155 Å². The number of amides is 1. The predicted molar refractivity (Wildman–Crippen MR) is 106 cm³/mol. The van der Waals surface area contributed by atoms with Crippen LogP contribution < -0.4 is 5.32 Å². The molecule has 1 heterocycles. The number of para-hydroxylation sites is 2. The highest BCUT2D eigenvalue weighted by atomic mass is 16.1. The Morgan fingerprint density at radius 2 is 1.81 bits per heavy atom. The van der Waals surface area contributed by atoms with Gasteiger partial charge in [0.05, 0.1) is 11.0 Å². The minimum atomic E-state index is 0.0118. The molecule has 4 heteroatoms. The van der Waals surface area contributed by atoms with Crippen molar-refractivity contribution in [2.24, 2.45) is 0 Å². The van der Waals surface area contributed by atoms with Gasteiger partial charge >= 0.3 is 0 Å². The van der Waals surface area contributed by atoms with Crippen molar-refractivity contribution in [3.63, 3.8) is 0 Å². The smallest absolute Gasteiger partial charge is 0.251 e. The Balaban J connectivity index is 1.42. The van der Waals surface area contributed by atoms with Crippen molar-refractivity contribution >= 4 is 16.9 Å². The molecule has 1 aromatic heterocycles. The molecule has 0 aliphatic rings. The quantitative estimate of drug-likeness (QED) is 0.608. The number of aromatic nitrogens is 2. The third-order valence-electron chi connectivity index (χ3n) is 4.73. The third kappa shape index (κ3) is 4.31. The topological polar surface area (TPSA) is 46.9 Å². The Morgan fingerprint density at radius 1 is 1.04 bits per heavy atom. The maximum absolute atomic E-state index is 12.1. The summed E-state index contributed by atoms with van der Waals surface area (Å²) in [6, 6.07) is 16.0. The summed E-state index contributed by atoms with van der Waals surface area (Å²) in [6.45, 7) is 5.85. The summed E-state index contributed by atoms with van der Waals surface area (Å²) in [5.74, 6) is 1.18. The Kier molecular flexibility index (Phi) is 6.05. The van der Waals surface area contributed by atoms with E-state index < -0.39 is 0 Å².